The molecule has 104 valence electrons. The molecule has 1 aliphatic rings. The van der Waals surface area contributed by atoms with Gasteiger partial charge in [-0.25, -0.2) is 0 Å². The van der Waals surface area contributed by atoms with Crippen molar-refractivity contribution in [3.8, 4) is 5.75 Å². The summed E-state index contributed by atoms with van der Waals surface area (Å²) < 4.78 is 11.2. The molecule has 1 unspecified atom stereocenters. The molecule has 19 heavy (non-hydrogen) atoms. The van der Waals surface area contributed by atoms with Crippen molar-refractivity contribution in [2.75, 3.05) is 20.3 Å². The van der Waals surface area contributed by atoms with E-state index in [1.54, 1.807) is 7.11 Å². The van der Waals surface area contributed by atoms with E-state index >= 15 is 0 Å². The highest BCUT2D eigenvalue weighted by atomic mass is 16.5. The van der Waals surface area contributed by atoms with E-state index in [4.69, 9.17) is 9.47 Å². The average molecular weight is 261 g/mol. The van der Waals surface area contributed by atoms with Crippen LogP contribution in [-0.2, 0) is 4.74 Å². The van der Waals surface area contributed by atoms with Crippen molar-refractivity contribution in [2.24, 2.45) is 0 Å². The molecule has 0 aromatic heterocycles. The van der Waals surface area contributed by atoms with E-state index in [9.17, 15) is 0 Å². The SMILES string of the molecule is CCNC(C1=CCCCO1)c1ccc(C)c(OC)c1. The van der Waals surface area contributed by atoms with Crippen LogP contribution in [-0.4, -0.2) is 20.3 Å². The fourth-order valence-corrected chi connectivity index (χ4v) is 2.38. The summed E-state index contributed by atoms with van der Waals surface area (Å²) in [7, 11) is 1.71. The molecule has 0 aliphatic carbocycles. The van der Waals surface area contributed by atoms with Gasteiger partial charge in [-0.05, 0) is 49.6 Å². The van der Waals surface area contributed by atoms with Gasteiger partial charge in [0.2, 0.25) is 0 Å². The molecular formula is C16H23NO2. The lowest BCUT2D eigenvalue weighted by molar-refractivity contribution is 0.168. The van der Waals surface area contributed by atoms with Crippen LogP contribution in [0.2, 0.25) is 0 Å². The summed E-state index contributed by atoms with van der Waals surface area (Å²) in [4.78, 5) is 0. The number of hydrogen-bond donors (Lipinski definition) is 1. The second-order valence-corrected chi connectivity index (χ2v) is 4.82. The van der Waals surface area contributed by atoms with E-state index in [-0.39, 0.29) is 6.04 Å². The minimum atomic E-state index is 0.125. The van der Waals surface area contributed by atoms with Gasteiger partial charge >= 0.3 is 0 Å². The second kappa shape index (κ2) is 6.62. The van der Waals surface area contributed by atoms with Crippen molar-refractivity contribution < 1.29 is 9.47 Å². The van der Waals surface area contributed by atoms with Gasteiger partial charge in [0, 0.05) is 0 Å². The van der Waals surface area contributed by atoms with Gasteiger partial charge < -0.3 is 14.8 Å². The van der Waals surface area contributed by atoms with Crippen LogP contribution in [0.1, 0.15) is 36.9 Å². The first-order chi connectivity index (χ1) is 9.26. The fraction of sp³-hybridized carbons (Fsp3) is 0.500. The maximum absolute atomic E-state index is 5.81. The summed E-state index contributed by atoms with van der Waals surface area (Å²) in [5.41, 5.74) is 2.34. The Balaban J connectivity index is 2.30. The smallest absolute Gasteiger partial charge is 0.122 e. The standard InChI is InChI=1S/C16H23NO2/c1-4-17-16(14-7-5-6-10-19-14)13-9-8-12(2)15(11-13)18-3/h7-9,11,16-17H,4-6,10H2,1-3H3. The summed E-state index contributed by atoms with van der Waals surface area (Å²) in [5, 5.41) is 3.49. The zero-order valence-electron chi connectivity index (χ0n) is 12.0. The molecule has 1 atom stereocenters. The Hall–Kier alpha value is -1.48. The number of benzene rings is 1. The highest BCUT2D eigenvalue weighted by molar-refractivity contribution is 5.39. The highest BCUT2D eigenvalue weighted by Gasteiger charge is 2.19. The maximum Gasteiger partial charge on any atom is 0.122 e. The molecule has 2 rings (SSSR count). The van der Waals surface area contributed by atoms with E-state index < -0.39 is 0 Å². The Kier molecular flexibility index (Phi) is 4.86. The van der Waals surface area contributed by atoms with Crippen molar-refractivity contribution in [2.45, 2.75) is 32.7 Å². The second-order valence-electron chi connectivity index (χ2n) is 4.82. The van der Waals surface area contributed by atoms with Crippen molar-refractivity contribution in [3.05, 3.63) is 41.2 Å². The first-order valence-electron chi connectivity index (χ1n) is 6.97. The summed E-state index contributed by atoms with van der Waals surface area (Å²) in [6.45, 7) is 5.89. The number of hydrogen-bond acceptors (Lipinski definition) is 3. The van der Waals surface area contributed by atoms with E-state index in [0.29, 0.717) is 0 Å². The van der Waals surface area contributed by atoms with Crippen LogP contribution in [0.4, 0.5) is 0 Å². The average Bonchev–Trinajstić information content (AvgIpc) is 2.46. The lowest BCUT2D eigenvalue weighted by atomic mass is 10.0. The normalized spacial score (nSPS) is 16.5. The molecule has 0 saturated heterocycles. The van der Waals surface area contributed by atoms with Gasteiger partial charge in [-0.1, -0.05) is 19.1 Å². The third kappa shape index (κ3) is 3.29. The molecule has 1 aromatic carbocycles. The summed E-state index contributed by atoms with van der Waals surface area (Å²) in [6, 6.07) is 6.47. The number of nitrogens with one attached hydrogen (secondary N) is 1. The van der Waals surface area contributed by atoms with Crippen molar-refractivity contribution in [3.63, 3.8) is 0 Å². The van der Waals surface area contributed by atoms with Gasteiger partial charge in [0.05, 0.1) is 19.8 Å². The molecule has 0 fully saturated rings. The van der Waals surface area contributed by atoms with Crippen LogP contribution in [0.3, 0.4) is 0 Å². The molecule has 3 nitrogen and oxygen atoms in total. The third-order valence-corrected chi connectivity index (χ3v) is 3.42. The zero-order chi connectivity index (χ0) is 13.7. The van der Waals surface area contributed by atoms with E-state index in [1.807, 2.05) is 0 Å². The lowest BCUT2D eigenvalue weighted by Crippen LogP contribution is -2.25. The fourth-order valence-electron chi connectivity index (χ4n) is 2.38. The molecule has 1 N–H and O–H groups in total. The Morgan fingerprint density at radius 2 is 2.26 bits per heavy atom. The molecule has 1 aliphatic heterocycles. The minimum absolute atomic E-state index is 0.125. The Morgan fingerprint density at radius 1 is 1.42 bits per heavy atom. The predicted molar refractivity (Wildman–Crippen MR) is 77.4 cm³/mol. The monoisotopic (exact) mass is 261 g/mol. The molecule has 3 heteroatoms. The zero-order valence-corrected chi connectivity index (χ0v) is 12.0. The van der Waals surface area contributed by atoms with Crippen molar-refractivity contribution in [1.82, 2.24) is 5.32 Å². The number of aryl methyl sites for hydroxylation is 1. The summed E-state index contributed by atoms with van der Waals surface area (Å²) >= 11 is 0. The topological polar surface area (TPSA) is 30.5 Å². The Bertz CT molecular complexity index is 454. The number of likely N-dealkylation sites (N-methyl/N-ethyl adjacent to an activating group) is 1. The number of rotatable bonds is 5. The van der Waals surface area contributed by atoms with Gasteiger partial charge in [0.25, 0.3) is 0 Å². The van der Waals surface area contributed by atoms with E-state index in [2.05, 4.69) is 43.4 Å². The quantitative estimate of drug-likeness (QED) is 0.881. The van der Waals surface area contributed by atoms with Crippen molar-refractivity contribution >= 4 is 0 Å². The van der Waals surface area contributed by atoms with Crippen LogP contribution < -0.4 is 10.1 Å². The van der Waals surface area contributed by atoms with Crippen LogP contribution in [0.5, 0.6) is 5.75 Å². The minimum Gasteiger partial charge on any atom is -0.496 e. The van der Waals surface area contributed by atoms with Gasteiger partial charge in [-0.3, -0.25) is 0 Å². The first kappa shape index (κ1) is 13.9. The van der Waals surface area contributed by atoms with Crippen LogP contribution >= 0.6 is 0 Å². The third-order valence-electron chi connectivity index (χ3n) is 3.42. The van der Waals surface area contributed by atoms with Gasteiger partial charge in [-0.15, -0.1) is 0 Å². The number of methoxy groups -OCH3 is 1. The maximum atomic E-state index is 5.81. The van der Waals surface area contributed by atoms with Gasteiger partial charge in [-0.2, -0.15) is 0 Å². The lowest BCUT2D eigenvalue weighted by Gasteiger charge is -2.25. The molecule has 0 saturated carbocycles. The largest absolute Gasteiger partial charge is 0.496 e. The Morgan fingerprint density at radius 3 is 2.89 bits per heavy atom. The molecule has 0 amide bonds. The molecule has 1 aromatic rings. The van der Waals surface area contributed by atoms with Crippen LogP contribution in [0.25, 0.3) is 0 Å². The first-order valence-corrected chi connectivity index (χ1v) is 6.97. The van der Waals surface area contributed by atoms with Gasteiger partial charge in [0.1, 0.15) is 11.5 Å². The molecule has 0 radical (unpaired) electrons. The summed E-state index contributed by atoms with van der Waals surface area (Å²) in [6.07, 6.45) is 4.41. The van der Waals surface area contributed by atoms with E-state index in [0.717, 1.165) is 43.1 Å². The Labute approximate surface area is 115 Å². The van der Waals surface area contributed by atoms with E-state index in [1.165, 1.54) is 5.56 Å². The molecule has 0 spiro atoms. The number of allylic oxidation sites excluding steroid dienone is 1. The number of ether oxygens (including phenoxy) is 2. The van der Waals surface area contributed by atoms with Crippen LogP contribution in [0.15, 0.2) is 30.0 Å². The van der Waals surface area contributed by atoms with Crippen LogP contribution in [0, 0.1) is 6.92 Å². The summed E-state index contributed by atoms with van der Waals surface area (Å²) in [5.74, 6) is 1.97. The highest BCUT2D eigenvalue weighted by Crippen LogP contribution is 2.29. The van der Waals surface area contributed by atoms with Crippen molar-refractivity contribution in [1.29, 1.82) is 0 Å². The predicted octanol–water partition coefficient (Wildman–Crippen LogP) is 3.35. The van der Waals surface area contributed by atoms with Gasteiger partial charge in [0.15, 0.2) is 0 Å². The molecule has 0 bridgehead atoms. The molecular weight excluding hydrogens is 238 g/mol. The molecule has 1 heterocycles.